The van der Waals surface area contributed by atoms with Gasteiger partial charge in [-0.1, -0.05) is 13.8 Å². The van der Waals surface area contributed by atoms with Crippen LogP contribution < -0.4 is 5.32 Å². The first-order chi connectivity index (χ1) is 12.5. The van der Waals surface area contributed by atoms with Gasteiger partial charge in [-0.05, 0) is 38.1 Å². The van der Waals surface area contributed by atoms with Crippen LogP contribution in [0.25, 0.3) is 0 Å². The molecule has 2 aliphatic rings. The third kappa shape index (κ3) is 6.34. The first-order valence-corrected chi connectivity index (χ1v) is 10.1. The quantitative estimate of drug-likeness (QED) is 0.455. The number of carbonyl (C=O) groups is 1. The monoisotopic (exact) mass is 367 g/mol. The van der Waals surface area contributed by atoms with E-state index in [0.29, 0.717) is 19.7 Å². The molecule has 1 amide bonds. The van der Waals surface area contributed by atoms with Crippen LogP contribution in [0.2, 0.25) is 0 Å². The zero-order chi connectivity index (χ0) is 18.9. The Kier molecular flexibility index (Phi) is 8.48. The Balaban J connectivity index is 1.66. The maximum Gasteiger partial charge on any atom is 0.409 e. The second-order valence-corrected chi connectivity index (χ2v) is 7.71. The van der Waals surface area contributed by atoms with Crippen LogP contribution in [0.1, 0.15) is 33.6 Å². The van der Waals surface area contributed by atoms with E-state index < -0.39 is 0 Å². The van der Waals surface area contributed by atoms with Crippen LogP contribution in [0.4, 0.5) is 4.79 Å². The molecule has 2 atom stereocenters. The van der Waals surface area contributed by atoms with Crippen LogP contribution in [0.3, 0.4) is 0 Å². The van der Waals surface area contributed by atoms with Crippen molar-refractivity contribution in [3.05, 3.63) is 0 Å². The molecular formula is C19H37N5O2. The fourth-order valence-corrected chi connectivity index (χ4v) is 4.13. The van der Waals surface area contributed by atoms with Crippen molar-refractivity contribution in [1.29, 1.82) is 0 Å². The molecular weight excluding hydrogens is 330 g/mol. The van der Waals surface area contributed by atoms with Crippen molar-refractivity contribution in [2.24, 2.45) is 16.8 Å². The number of rotatable bonds is 5. The summed E-state index contributed by atoms with van der Waals surface area (Å²) in [5, 5.41) is 3.48. The average molecular weight is 368 g/mol. The Morgan fingerprint density at radius 2 is 1.73 bits per heavy atom. The summed E-state index contributed by atoms with van der Waals surface area (Å²) in [5.74, 6) is 2.57. The number of ether oxygens (including phenoxy) is 1. The predicted molar refractivity (Wildman–Crippen MR) is 106 cm³/mol. The number of guanidine groups is 1. The number of hydrogen-bond donors (Lipinski definition) is 1. The third-order valence-electron chi connectivity index (χ3n) is 5.20. The fraction of sp³-hybridized carbons (Fsp3) is 0.895. The lowest BCUT2D eigenvalue weighted by atomic mass is 9.92. The number of likely N-dealkylation sites (tertiary alicyclic amines) is 1. The van der Waals surface area contributed by atoms with E-state index in [9.17, 15) is 4.79 Å². The molecule has 1 N–H and O–H groups in total. The van der Waals surface area contributed by atoms with Crippen molar-refractivity contribution >= 4 is 12.1 Å². The zero-order valence-electron chi connectivity index (χ0n) is 17.0. The van der Waals surface area contributed by atoms with Crippen molar-refractivity contribution < 1.29 is 9.53 Å². The Labute approximate surface area is 158 Å². The summed E-state index contributed by atoms with van der Waals surface area (Å²) in [4.78, 5) is 22.8. The standard InChI is InChI=1S/C19H37N5O2/c1-5-26-19(25)24-11-9-23(10-12-24)18(20-4)21-7-6-8-22-14-16(2)13-17(3)15-22/h16-17H,5-15H2,1-4H3,(H,20,21). The molecule has 2 unspecified atom stereocenters. The van der Waals surface area contributed by atoms with Crippen molar-refractivity contribution in [2.45, 2.75) is 33.6 Å². The number of nitrogens with one attached hydrogen (secondary N) is 1. The topological polar surface area (TPSA) is 60.4 Å². The molecule has 0 spiro atoms. The second kappa shape index (κ2) is 10.6. The molecule has 0 radical (unpaired) electrons. The van der Waals surface area contributed by atoms with Crippen LogP contribution in [0, 0.1) is 11.8 Å². The molecule has 7 nitrogen and oxygen atoms in total. The van der Waals surface area contributed by atoms with Gasteiger partial charge in [-0.3, -0.25) is 4.99 Å². The Hall–Kier alpha value is -1.50. The average Bonchev–Trinajstić information content (AvgIpc) is 2.61. The minimum Gasteiger partial charge on any atom is -0.450 e. The number of hydrogen-bond acceptors (Lipinski definition) is 4. The van der Waals surface area contributed by atoms with Crippen molar-refractivity contribution in [3.8, 4) is 0 Å². The Morgan fingerprint density at radius 1 is 1.12 bits per heavy atom. The Morgan fingerprint density at radius 3 is 2.31 bits per heavy atom. The van der Waals surface area contributed by atoms with Crippen molar-refractivity contribution in [2.75, 3.05) is 66.0 Å². The summed E-state index contributed by atoms with van der Waals surface area (Å²) in [6.07, 6.45) is 2.28. The maximum absolute atomic E-state index is 11.8. The fourth-order valence-electron chi connectivity index (χ4n) is 4.13. The molecule has 0 bridgehead atoms. The minimum atomic E-state index is -0.208. The van der Waals surface area contributed by atoms with Crippen molar-refractivity contribution in [3.63, 3.8) is 0 Å². The molecule has 0 aromatic carbocycles. The summed E-state index contributed by atoms with van der Waals surface area (Å²) in [6, 6.07) is 0. The summed E-state index contributed by atoms with van der Waals surface area (Å²) >= 11 is 0. The molecule has 2 heterocycles. The smallest absolute Gasteiger partial charge is 0.409 e. The lowest BCUT2D eigenvalue weighted by Crippen LogP contribution is -2.54. The highest BCUT2D eigenvalue weighted by Gasteiger charge is 2.24. The molecule has 0 aliphatic carbocycles. The molecule has 7 heteroatoms. The highest BCUT2D eigenvalue weighted by atomic mass is 16.6. The lowest BCUT2D eigenvalue weighted by molar-refractivity contribution is 0.0914. The summed E-state index contributed by atoms with van der Waals surface area (Å²) in [7, 11) is 1.83. The second-order valence-electron chi connectivity index (χ2n) is 7.71. The molecule has 2 rings (SSSR count). The first kappa shape index (κ1) is 20.8. The van der Waals surface area contributed by atoms with E-state index >= 15 is 0 Å². The molecule has 2 fully saturated rings. The van der Waals surface area contributed by atoms with Crippen LogP contribution in [0.5, 0.6) is 0 Å². The van der Waals surface area contributed by atoms with E-state index in [0.717, 1.165) is 50.4 Å². The number of carbonyl (C=O) groups excluding carboxylic acids is 1. The molecule has 2 aliphatic heterocycles. The SMILES string of the molecule is CCOC(=O)N1CCN(C(=NC)NCCCN2CC(C)CC(C)C2)CC1. The van der Waals surface area contributed by atoms with E-state index in [1.807, 2.05) is 14.0 Å². The van der Waals surface area contributed by atoms with Gasteiger partial charge in [0, 0.05) is 52.9 Å². The predicted octanol–water partition coefficient (Wildman–Crippen LogP) is 1.70. The van der Waals surface area contributed by atoms with Gasteiger partial charge < -0.3 is 24.8 Å². The van der Waals surface area contributed by atoms with Gasteiger partial charge in [0.05, 0.1) is 6.61 Å². The zero-order valence-corrected chi connectivity index (χ0v) is 17.0. The number of aliphatic imine (C=N–C) groups is 1. The van der Waals surface area contributed by atoms with Gasteiger partial charge >= 0.3 is 6.09 Å². The van der Waals surface area contributed by atoms with Crippen LogP contribution in [-0.4, -0.2) is 92.8 Å². The largest absolute Gasteiger partial charge is 0.450 e. The van der Waals surface area contributed by atoms with Gasteiger partial charge in [-0.15, -0.1) is 0 Å². The van der Waals surface area contributed by atoms with Crippen molar-refractivity contribution in [1.82, 2.24) is 20.0 Å². The van der Waals surface area contributed by atoms with Gasteiger partial charge in [0.25, 0.3) is 0 Å². The molecule has 150 valence electrons. The highest BCUT2D eigenvalue weighted by molar-refractivity contribution is 5.80. The molecule has 0 aromatic rings. The van der Waals surface area contributed by atoms with E-state index in [4.69, 9.17) is 4.74 Å². The number of piperazine rings is 1. The number of nitrogens with zero attached hydrogens (tertiary/aromatic N) is 4. The molecule has 0 saturated carbocycles. The van der Waals surface area contributed by atoms with E-state index in [-0.39, 0.29) is 6.09 Å². The van der Waals surface area contributed by atoms with Gasteiger partial charge in [-0.2, -0.15) is 0 Å². The Bertz CT molecular complexity index is 453. The first-order valence-electron chi connectivity index (χ1n) is 10.1. The van der Waals surface area contributed by atoms with Crippen LogP contribution in [-0.2, 0) is 4.74 Å². The van der Waals surface area contributed by atoms with Crippen LogP contribution >= 0.6 is 0 Å². The summed E-state index contributed by atoms with van der Waals surface area (Å²) in [5.41, 5.74) is 0. The van der Waals surface area contributed by atoms with Gasteiger partial charge in [0.2, 0.25) is 0 Å². The van der Waals surface area contributed by atoms with Crippen LogP contribution in [0.15, 0.2) is 4.99 Å². The molecule has 26 heavy (non-hydrogen) atoms. The van der Waals surface area contributed by atoms with Gasteiger partial charge in [0.1, 0.15) is 0 Å². The maximum atomic E-state index is 11.8. The van der Waals surface area contributed by atoms with Gasteiger partial charge in [0.15, 0.2) is 5.96 Å². The normalized spacial score (nSPS) is 25.3. The minimum absolute atomic E-state index is 0.208. The molecule has 0 aromatic heterocycles. The molecule has 2 saturated heterocycles. The lowest BCUT2D eigenvalue weighted by Gasteiger charge is -2.36. The van der Waals surface area contributed by atoms with E-state index in [1.165, 1.54) is 19.5 Å². The van der Waals surface area contributed by atoms with E-state index in [2.05, 4.69) is 34.0 Å². The van der Waals surface area contributed by atoms with Gasteiger partial charge in [-0.25, -0.2) is 4.79 Å². The summed E-state index contributed by atoms with van der Waals surface area (Å²) < 4.78 is 5.07. The number of piperidine rings is 1. The third-order valence-corrected chi connectivity index (χ3v) is 5.20. The van der Waals surface area contributed by atoms with E-state index in [1.54, 1.807) is 4.90 Å². The number of amides is 1. The highest BCUT2D eigenvalue weighted by Crippen LogP contribution is 2.20. The summed E-state index contributed by atoms with van der Waals surface area (Å²) in [6.45, 7) is 14.5.